The second-order valence-corrected chi connectivity index (χ2v) is 6.88. The lowest BCUT2D eigenvalue weighted by molar-refractivity contribution is -0.00434. The van der Waals surface area contributed by atoms with E-state index in [2.05, 4.69) is 42.6 Å². The van der Waals surface area contributed by atoms with Gasteiger partial charge in [0.25, 0.3) is 0 Å². The molecule has 0 amide bonds. The van der Waals surface area contributed by atoms with Gasteiger partial charge in [-0.15, -0.1) is 0 Å². The first-order chi connectivity index (χ1) is 10.3. The van der Waals surface area contributed by atoms with Crippen LogP contribution in [0.2, 0.25) is 0 Å². The van der Waals surface area contributed by atoms with Crippen LogP contribution in [0.5, 0.6) is 0 Å². The summed E-state index contributed by atoms with van der Waals surface area (Å²) in [6.45, 7) is 4.26. The van der Waals surface area contributed by atoms with Crippen molar-refractivity contribution < 1.29 is 4.74 Å². The van der Waals surface area contributed by atoms with Gasteiger partial charge in [0.15, 0.2) is 0 Å². The molecule has 1 aromatic rings. The van der Waals surface area contributed by atoms with Gasteiger partial charge in [-0.2, -0.15) is 0 Å². The number of ether oxygens (including phenoxy) is 1. The number of rotatable bonds is 5. The van der Waals surface area contributed by atoms with Crippen molar-refractivity contribution in [3.8, 4) is 0 Å². The van der Waals surface area contributed by atoms with E-state index >= 15 is 0 Å². The average Bonchev–Trinajstić information content (AvgIpc) is 3.08. The Bertz CT molecular complexity index is 405. The first-order valence-electron chi connectivity index (χ1n) is 8.72. The molecule has 1 saturated carbocycles. The number of hydrogen-bond donors (Lipinski definition) is 1. The van der Waals surface area contributed by atoms with E-state index < -0.39 is 0 Å². The zero-order valence-electron chi connectivity index (χ0n) is 13.3. The highest BCUT2D eigenvalue weighted by Crippen LogP contribution is 2.35. The van der Waals surface area contributed by atoms with Gasteiger partial charge in [0.1, 0.15) is 0 Å². The predicted octanol–water partition coefficient (Wildman–Crippen LogP) is 4.15. The first-order valence-corrected chi connectivity index (χ1v) is 8.72. The molecule has 1 saturated heterocycles. The van der Waals surface area contributed by atoms with Crippen molar-refractivity contribution in [1.82, 2.24) is 5.32 Å². The summed E-state index contributed by atoms with van der Waals surface area (Å²) in [5, 5.41) is 3.69. The van der Waals surface area contributed by atoms with Gasteiger partial charge in [0.2, 0.25) is 0 Å². The van der Waals surface area contributed by atoms with Crippen LogP contribution >= 0.6 is 0 Å². The SMILES string of the molecule is CC(OCc1ccccc1)C1CCC([C@H]2CCCN2)CC1. The predicted molar refractivity (Wildman–Crippen MR) is 87.2 cm³/mol. The Balaban J connectivity index is 1.41. The summed E-state index contributed by atoms with van der Waals surface area (Å²) in [6, 6.07) is 11.3. The molecular formula is C19H29NO. The highest BCUT2D eigenvalue weighted by atomic mass is 16.5. The fourth-order valence-electron chi connectivity index (χ4n) is 4.07. The van der Waals surface area contributed by atoms with Gasteiger partial charge < -0.3 is 10.1 Å². The Labute approximate surface area is 129 Å². The highest BCUT2D eigenvalue weighted by molar-refractivity contribution is 5.13. The van der Waals surface area contributed by atoms with Gasteiger partial charge in [-0.05, 0) is 69.4 Å². The van der Waals surface area contributed by atoms with Crippen LogP contribution in [0.25, 0.3) is 0 Å². The minimum Gasteiger partial charge on any atom is -0.374 e. The van der Waals surface area contributed by atoms with E-state index in [1.54, 1.807) is 0 Å². The molecule has 2 fully saturated rings. The molecule has 3 rings (SSSR count). The van der Waals surface area contributed by atoms with Crippen molar-refractivity contribution in [3.63, 3.8) is 0 Å². The Morgan fingerprint density at radius 1 is 1.10 bits per heavy atom. The Morgan fingerprint density at radius 3 is 2.52 bits per heavy atom. The van der Waals surface area contributed by atoms with E-state index in [1.807, 2.05) is 0 Å². The van der Waals surface area contributed by atoms with Gasteiger partial charge in [-0.3, -0.25) is 0 Å². The summed E-state index contributed by atoms with van der Waals surface area (Å²) in [4.78, 5) is 0. The molecule has 21 heavy (non-hydrogen) atoms. The fraction of sp³-hybridized carbons (Fsp3) is 0.684. The molecule has 2 aliphatic rings. The largest absolute Gasteiger partial charge is 0.374 e. The van der Waals surface area contributed by atoms with Gasteiger partial charge >= 0.3 is 0 Å². The molecule has 1 aliphatic carbocycles. The Morgan fingerprint density at radius 2 is 1.86 bits per heavy atom. The van der Waals surface area contributed by atoms with Crippen molar-refractivity contribution in [3.05, 3.63) is 35.9 Å². The molecule has 2 heteroatoms. The van der Waals surface area contributed by atoms with Crippen LogP contribution in [0.4, 0.5) is 0 Å². The lowest BCUT2D eigenvalue weighted by Gasteiger charge is -2.35. The van der Waals surface area contributed by atoms with Crippen LogP contribution in [-0.2, 0) is 11.3 Å². The molecule has 1 aliphatic heterocycles. The minimum atomic E-state index is 0.391. The van der Waals surface area contributed by atoms with Crippen LogP contribution in [0.1, 0.15) is 51.0 Å². The average molecular weight is 287 g/mol. The Hall–Kier alpha value is -0.860. The molecule has 1 aromatic carbocycles. The molecular weight excluding hydrogens is 258 g/mol. The fourth-order valence-corrected chi connectivity index (χ4v) is 4.07. The molecule has 0 bridgehead atoms. The normalized spacial score (nSPS) is 31.2. The molecule has 116 valence electrons. The first kappa shape index (κ1) is 15.1. The summed E-state index contributed by atoms with van der Waals surface area (Å²) >= 11 is 0. The second kappa shape index (κ2) is 7.42. The van der Waals surface area contributed by atoms with Crippen molar-refractivity contribution in [2.75, 3.05) is 6.54 Å². The van der Waals surface area contributed by atoms with Gasteiger partial charge in [-0.25, -0.2) is 0 Å². The van der Waals surface area contributed by atoms with E-state index in [9.17, 15) is 0 Å². The van der Waals surface area contributed by atoms with Crippen molar-refractivity contribution in [2.45, 2.75) is 64.2 Å². The maximum Gasteiger partial charge on any atom is 0.0720 e. The van der Waals surface area contributed by atoms with E-state index in [0.29, 0.717) is 6.10 Å². The number of nitrogens with one attached hydrogen (secondary N) is 1. The van der Waals surface area contributed by atoms with E-state index in [4.69, 9.17) is 4.74 Å². The molecule has 0 aromatic heterocycles. The summed E-state index contributed by atoms with van der Waals surface area (Å²) in [7, 11) is 0. The zero-order valence-corrected chi connectivity index (χ0v) is 13.3. The maximum absolute atomic E-state index is 6.11. The van der Waals surface area contributed by atoms with Crippen LogP contribution in [0.15, 0.2) is 30.3 Å². The maximum atomic E-state index is 6.11. The zero-order chi connectivity index (χ0) is 14.5. The third-order valence-electron chi connectivity index (χ3n) is 5.50. The number of benzene rings is 1. The van der Waals surface area contributed by atoms with Crippen molar-refractivity contribution >= 4 is 0 Å². The van der Waals surface area contributed by atoms with E-state index in [0.717, 1.165) is 24.5 Å². The topological polar surface area (TPSA) is 21.3 Å². The molecule has 0 radical (unpaired) electrons. The van der Waals surface area contributed by atoms with Crippen molar-refractivity contribution in [2.24, 2.45) is 11.8 Å². The molecule has 1 N–H and O–H groups in total. The summed E-state index contributed by atoms with van der Waals surface area (Å²) in [5.41, 5.74) is 1.29. The lowest BCUT2D eigenvalue weighted by Crippen LogP contribution is -2.35. The van der Waals surface area contributed by atoms with Gasteiger partial charge in [-0.1, -0.05) is 30.3 Å². The third-order valence-corrected chi connectivity index (χ3v) is 5.50. The van der Waals surface area contributed by atoms with Crippen LogP contribution in [0, 0.1) is 11.8 Å². The van der Waals surface area contributed by atoms with Crippen LogP contribution in [-0.4, -0.2) is 18.7 Å². The second-order valence-electron chi connectivity index (χ2n) is 6.88. The molecule has 0 spiro atoms. The van der Waals surface area contributed by atoms with Crippen LogP contribution < -0.4 is 5.32 Å². The molecule has 1 heterocycles. The molecule has 1 unspecified atom stereocenters. The summed E-state index contributed by atoms with van der Waals surface area (Å²) in [5.74, 6) is 1.68. The van der Waals surface area contributed by atoms with E-state index in [1.165, 1.54) is 50.6 Å². The van der Waals surface area contributed by atoms with E-state index in [-0.39, 0.29) is 0 Å². The monoisotopic (exact) mass is 287 g/mol. The lowest BCUT2D eigenvalue weighted by atomic mass is 9.76. The van der Waals surface area contributed by atoms with Gasteiger partial charge in [0.05, 0.1) is 12.7 Å². The number of hydrogen-bond acceptors (Lipinski definition) is 2. The summed E-state index contributed by atoms with van der Waals surface area (Å²) < 4.78 is 6.11. The van der Waals surface area contributed by atoms with Crippen molar-refractivity contribution in [1.29, 1.82) is 0 Å². The minimum absolute atomic E-state index is 0.391. The highest BCUT2D eigenvalue weighted by Gasteiger charge is 2.31. The standard InChI is InChI=1S/C19H29NO/c1-15(21-14-16-6-3-2-4-7-16)17-9-11-18(12-10-17)19-8-5-13-20-19/h2-4,6-7,15,17-20H,5,8-14H2,1H3/t15?,17?,18?,19-/m1/s1. The molecule has 2 atom stereocenters. The summed E-state index contributed by atoms with van der Waals surface area (Å²) in [6.07, 6.45) is 8.64. The smallest absolute Gasteiger partial charge is 0.0720 e. The quantitative estimate of drug-likeness (QED) is 0.878. The van der Waals surface area contributed by atoms with Crippen LogP contribution in [0.3, 0.4) is 0 Å². The molecule has 2 nitrogen and oxygen atoms in total. The Kier molecular flexibility index (Phi) is 5.32. The third kappa shape index (κ3) is 4.08. The van der Waals surface area contributed by atoms with Gasteiger partial charge in [0, 0.05) is 6.04 Å².